The predicted molar refractivity (Wildman–Crippen MR) is 62.5 cm³/mol. The molecule has 0 saturated carbocycles. The van der Waals surface area contributed by atoms with Crippen molar-refractivity contribution in [3.05, 3.63) is 28.6 Å². The number of rotatable bonds is 4. The summed E-state index contributed by atoms with van der Waals surface area (Å²) < 4.78 is 6.50. The van der Waals surface area contributed by atoms with E-state index in [0.29, 0.717) is 18.2 Å². The highest BCUT2D eigenvalue weighted by Gasteiger charge is 2.07. The van der Waals surface area contributed by atoms with Crippen LogP contribution >= 0.6 is 11.6 Å². The zero-order chi connectivity index (χ0) is 12.1. The summed E-state index contributed by atoms with van der Waals surface area (Å²) in [5.74, 6) is -0.338. The molecule has 0 fully saturated rings. The minimum atomic E-state index is -0.338. The van der Waals surface area contributed by atoms with Crippen LogP contribution in [0, 0.1) is 13.8 Å². The van der Waals surface area contributed by atoms with Gasteiger partial charge in [-0.1, -0.05) is 17.7 Å². The number of hydrogen-bond donors (Lipinski definition) is 0. The van der Waals surface area contributed by atoms with E-state index in [4.69, 9.17) is 16.3 Å². The van der Waals surface area contributed by atoms with Crippen LogP contribution in [0.4, 0.5) is 0 Å². The van der Waals surface area contributed by atoms with Gasteiger partial charge in [0.1, 0.15) is 0 Å². The standard InChI is InChI=1S/C11H15ClN2O2/c1-4-16-10(15)6-5-7-14-9(3)11(12)8(2)13-14/h5-6H,4,7H2,1-3H3/b6-5+. The Hall–Kier alpha value is -1.29. The molecule has 0 N–H and O–H groups in total. The average molecular weight is 243 g/mol. The van der Waals surface area contributed by atoms with Gasteiger partial charge in [0, 0.05) is 6.08 Å². The molecule has 1 aromatic heterocycles. The first-order valence-corrected chi connectivity index (χ1v) is 5.46. The normalized spacial score (nSPS) is 11.0. The molecule has 0 spiro atoms. The zero-order valence-electron chi connectivity index (χ0n) is 9.66. The van der Waals surface area contributed by atoms with Crippen LogP contribution in [-0.2, 0) is 16.1 Å². The molecular weight excluding hydrogens is 228 g/mol. The average Bonchev–Trinajstić information content (AvgIpc) is 2.47. The second-order valence-electron chi connectivity index (χ2n) is 3.32. The molecule has 1 heterocycles. The fourth-order valence-corrected chi connectivity index (χ4v) is 1.43. The molecule has 0 aliphatic carbocycles. The Labute approximate surface area is 99.8 Å². The summed E-state index contributed by atoms with van der Waals surface area (Å²) in [6, 6.07) is 0. The molecule has 5 heteroatoms. The van der Waals surface area contributed by atoms with E-state index in [1.165, 1.54) is 6.08 Å². The summed E-state index contributed by atoms with van der Waals surface area (Å²) in [6.07, 6.45) is 3.10. The lowest BCUT2D eigenvalue weighted by atomic mass is 10.4. The SMILES string of the molecule is CCOC(=O)/C=C/Cn1nc(C)c(Cl)c1C. The molecule has 88 valence electrons. The third-order valence-electron chi connectivity index (χ3n) is 2.11. The fourth-order valence-electron chi connectivity index (χ4n) is 1.29. The Balaban J connectivity index is 2.61. The first-order valence-electron chi connectivity index (χ1n) is 5.09. The lowest BCUT2D eigenvalue weighted by Gasteiger charge is -1.99. The van der Waals surface area contributed by atoms with E-state index in [0.717, 1.165) is 11.4 Å². The summed E-state index contributed by atoms with van der Waals surface area (Å²) in [4.78, 5) is 11.0. The van der Waals surface area contributed by atoms with Crippen molar-refractivity contribution in [2.45, 2.75) is 27.3 Å². The van der Waals surface area contributed by atoms with Crippen molar-refractivity contribution in [2.24, 2.45) is 0 Å². The molecule has 4 nitrogen and oxygen atoms in total. The van der Waals surface area contributed by atoms with Crippen molar-refractivity contribution in [3.63, 3.8) is 0 Å². The topological polar surface area (TPSA) is 44.1 Å². The Morgan fingerprint density at radius 3 is 2.75 bits per heavy atom. The monoisotopic (exact) mass is 242 g/mol. The maximum absolute atomic E-state index is 11.0. The summed E-state index contributed by atoms with van der Waals surface area (Å²) in [5.41, 5.74) is 1.69. The summed E-state index contributed by atoms with van der Waals surface area (Å²) >= 11 is 5.99. The number of carbonyl (C=O) groups is 1. The molecule has 1 rings (SSSR count). The fraction of sp³-hybridized carbons (Fsp3) is 0.455. The van der Waals surface area contributed by atoms with Crippen LogP contribution in [0.25, 0.3) is 0 Å². The van der Waals surface area contributed by atoms with E-state index in [1.54, 1.807) is 17.7 Å². The molecular formula is C11H15ClN2O2. The lowest BCUT2D eigenvalue weighted by Crippen LogP contribution is -2.03. The van der Waals surface area contributed by atoms with E-state index in [9.17, 15) is 4.79 Å². The first-order chi connectivity index (χ1) is 7.56. The van der Waals surface area contributed by atoms with Gasteiger partial charge in [-0.15, -0.1) is 0 Å². The zero-order valence-corrected chi connectivity index (χ0v) is 10.4. The highest BCUT2D eigenvalue weighted by molar-refractivity contribution is 6.31. The largest absolute Gasteiger partial charge is 0.463 e. The van der Waals surface area contributed by atoms with Crippen molar-refractivity contribution in [1.82, 2.24) is 9.78 Å². The van der Waals surface area contributed by atoms with Crippen molar-refractivity contribution >= 4 is 17.6 Å². The second kappa shape index (κ2) is 5.70. The first kappa shape index (κ1) is 12.8. The van der Waals surface area contributed by atoms with Gasteiger partial charge >= 0.3 is 5.97 Å². The van der Waals surface area contributed by atoms with E-state index >= 15 is 0 Å². The van der Waals surface area contributed by atoms with Crippen LogP contribution in [0.15, 0.2) is 12.2 Å². The smallest absolute Gasteiger partial charge is 0.330 e. The number of esters is 1. The Kier molecular flexibility index (Phi) is 4.55. The molecule has 16 heavy (non-hydrogen) atoms. The van der Waals surface area contributed by atoms with Crippen LogP contribution in [0.5, 0.6) is 0 Å². The van der Waals surface area contributed by atoms with Crippen LogP contribution in [0.3, 0.4) is 0 Å². The molecule has 1 aromatic rings. The van der Waals surface area contributed by atoms with Gasteiger partial charge in [0.2, 0.25) is 0 Å². The van der Waals surface area contributed by atoms with Gasteiger partial charge in [-0.2, -0.15) is 5.10 Å². The highest BCUT2D eigenvalue weighted by atomic mass is 35.5. The lowest BCUT2D eigenvalue weighted by molar-refractivity contribution is -0.137. The van der Waals surface area contributed by atoms with Crippen molar-refractivity contribution < 1.29 is 9.53 Å². The van der Waals surface area contributed by atoms with Gasteiger partial charge < -0.3 is 4.74 Å². The minimum Gasteiger partial charge on any atom is -0.463 e. The van der Waals surface area contributed by atoms with Gasteiger partial charge in [0.15, 0.2) is 0 Å². The molecule has 0 aliphatic heterocycles. The van der Waals surface area contributed by atoms with E-state index in [1.807, 2.05) is 13.8 Å². The Bertz CT molecular complexity index is 410. The molecule has 0 aliphatic rings. The van der Waals surface area contributed by atoms with Gasteiger partial charge in [-0.05, 0) is 20.8 Å². The molecule has 0 unspecified atom stereocenters. The number of aromatic nitrogens is 2. The van der Waals surface area contributed by atoms with E-state index < -0.39 is 0 Å². The number of ether oxygens (including phenoxy) is 1. The second-order valence-corrected chi connectivity index (χ2v) is 3.70. The van der Waals surface area contributed by atoms with E-state index in [2.05, 4.69) is 5.10 Å². The maximum atomic E-state index is 11.0. The Morgan fingerprint density at radius 2 is 2.25 bits per heavy atom. The Morgan fingerprint density at radius 1 is 1.56 bits per heavy atom. The number of nitrogens with zero attached hydrogens (tertiary/aromatic N) is 2. The van der Waals surface area contributed by atoms with Crippen molar-refractivity contribution in [3.8, 4) is 0 Å². The van der Waals surface area contributed by atoms with Gasteiger partial charge in [0.25, 0.3) is 0 Å². The van der Waals surface area contributed by atoms with Crippen molar-refractivity contribution in [1.29, 1.82) is 0 Å². The quantitative estimate of drug-likeness (QED) is 0.601. The number of aryl methyl sites for hydroxylation is 1. The van der Waals surface area contributed by atoms with Gasteiger partial charge in [-0.3, -0.25) is 4.68 Å². The third kappa shape index (κ3) is 3.10. The molecule has 0 saturated heterocycles. The van der Waals surface area contributed by atoms with Gasteiger partial charge in [0.05, 0.1) is 29.6 Å². The molecule has 0 bridgehead atoms. The highest BCUT2D eigenvalue weighted by Crippen LogP contribution is 2.18. The summed E-state index contributed by atoms with van der Waals surface area (Å²) in [7, 11) is 0. The van der Waals surface area contributed by atoms with Crippen LogP contribution < -0.4 is 0 Å². The minimum absolute atomic E-state index is 0.338. The number of halogens is 1. The molecule has 0 radical (unpaired) electrons. The third-order valence-corrected chi connectivity index (χ3v) is 2.66. The van der Waals surface area contributed by atoms with Crippen LogP contribution in [-0.4, -0.2) is 22.4 Å². The van der Waals surface area contributed by atoms with Gasteiger partial charge in [-0.25, -0.2) is 4.79 Å². The van der Waals surface area contributed by atoms with E-state index in [-0.39, 0.29) is 5.97 Å². The number of allylic oxidation sites excluding steroid dienone is 1. The predicted octanol–water partition coefficient (Wildman–Crippen LogP) is 2.27. The maximum Gasteiger partial charge on any atom is 0.330 e. The number of hydrogen-bond acceptors (Lipinski definition) is 3. The van der Waals surface area contributed by atoms with Crippen molar-refractivity contribution in [2.75, 3.05) is 6.61 Å². The molecule has 0 aromatic carbocycles. The molecule has 0 atom stereocenters. The molecule has 0 amide bonds. The summed E-state index contributed by atoms with van der Waals surface area (Å²) in [6.45, 7) is 6.40. The van der Waals surface area contributed by atoms with Crippen LogP contribution in [0.1, 0.15) is 18.3 Å². The number of carbonyl (C=O) groups excluding carboxylic acids is 1. The van der Waals surface area contributed by atoms with Crippen LogP contribution in [0.2, 0.25) is 5.02 Å². The summed E-state index contributed by atoms with van der Waals surface area (Å²) in [5, 5.41) is 4.90.